The highest BCUT2D eigenvalue weighted by Gasteiger charge is 2.85. The van der Waals surface area contributed by atoms with Gasteiger partial charge in [0.25, 0.3) is 15.9 Å². The number of amides is 1. The second-order valence-corrected chi connectivity index (χ2v) is 15.6. The molecule has 1 amide bonds. The average molecular weight is 637 g/mol. The lowest BCUT2D eigenvalue weighted by atomic mass is 9.94. The minimum Gasteiger partial charge on any atom is -0.477 e. The van der Waals surface area contributed by atoms with E-state index in [0.717, 1.165) is 44.2 Å². The molecule has 3 saturated carbocycles. The Balaban J connectivity index is 0.911. The molecule has 0 bridgehead atoms. The van der Waals surface area contributed by atoms with E-state index in [1.807, 2.05) is 4.72 Å². The van der Waals surface area contributed by atoms with Crippen LogP contribution in [0.4, 0.5) is 10.2 Å². The Bertz CT molecular complexity index is 1700. The molecule has 0 unspecified atom stereocenters. The number of hydrogen-bond acceptors (Lipinski definition) is 8. The van der Waals surface area contributed by atoms with Crippen molar-refractivity contribution in [1.82, 2.24) is 24.8 Å². The van der Waals surface area contributed by atoms with Crippen molar-refractivity contribution >= 4 is 21.7 Å². The summed E-state index contributed by atoms with van der Waals surface area (Å²) in [6.07, 6.45) is 11.3. The van der Waals surface area contributed by atoms with Crippen molar-refractivity contribution in [3.8, 4) is 11.6 Å². The summed E-state index contributed by atoms with van der Waals surface area (Å²) in [5.41, 5.74) is 1.43. The van der Waals surface area contributed by atoms with Gasteiger partial charge in [0, 0.05) is 30.4 Å². The molecule has 7 rings (SSSR count). The molecular formula is C33H41FN6O4S. The fourth-order valence-electron chi connectivity index (χ4n) is 7.99. The van der Waals surface area contributed by atoms with E-state index in [1.54, 1.807) is 24.4 Å². The van der Waals surface area contributed by atoms with Crippen LogP contribution in [0.15, 0.2) is 53.7 Å². The minimum absolute atomic E-state index is 0.171. The number of benzene rings is 1. The predicted molar refractivity (Wildman–Crippen MR) is 167 cm³/mol. The third-order valence-corrected chi connectivity index (χ3v) is 11.7. The summed E-state index contributed by atoms with van der Waals surface area (Å²) in [6.45, 7) is 6.66. The first kappa shape index (κ1) is 30.2. The molecule has 2 aromatic heterocycles. The van der Waals surface area contributed by atoms with Gasteiger partial charge in [0.15, 0.2) is 5.03 Å². The maximum absolute atomic E-state index is 15.1. The van der Waals surface area contributed by atoms with E-state index in [-0.39, 0.29) is 10.6 Å². The molecule has 3 heterocycles. The van der Waals surface area contributed by atoms with Gasteiger partial charge in [-0.15, -0.1) is 5.10 Å². The second-order valence-electron chi connectivity index (χ2n) is 14.0. The summed E-state index contributed by atoms with van der Waals surface area (Å²) in [4.78, 5) is 17.0. The van der Waals surface area contributed by atoms with Crippen molar-refractivity contribution in [2.45, 2.75) is 75.8 Å². The lowest BCUT2D eigenvalue weighted by molar-refractivity contribution is 0.0977. The van der Waals surface area contributed by atoms with E-state index >= 15 is 4.39 Å². The molecule has 3 N–H and O–H groups in total. The number of nitrogens with one attached hydrogen (secondary N) is 3. The van der Waals surface area contributed by atoms with Crippen LogP contribution in [-0.2, 0) is 10.0 Å². The van der Waals surface area contributed by atoms with Gasteiger partial charge in [-0.1, -0.05) is 6.07 Å². The number of nitrogens with zero attached hydrogens (tertiary/aromatic N) is 3. The quantitative estimate of drug-likeness (QED) is 0.222. The van der Waals surface area contributed by atoms with Crippen LogP contribution >= 0.6 is 0 Å². The van der Waals surface area contributed by atoms with Crippen molar-refractivity contribution in [2.24, 2.45) is 22.7 Å². The molecule has 4 fully saturated rings. The van der Waals surface area contributed by atoms with Crippen LogP contribution in [0.25, 0.3) is 5.69 Å². The molecule has 3 aromatic rings. The first-order valence-corrected chi connectivity index (χ1v) is 17.5. The van der Waals surface area contributed by atoms with Crippen molar-refractivity contribution in [3.63, 3.8) is 0 Å². The van der Waals surface area contributed by atoms with Gasteiger partial charge in [-0.05, 0) is 119 Å². The number of sulfonamides is 1. The highest BCUT2D eigenvalue weighted by Crippen LogP contribution is 2.93. The molecule has 10 nitrogen and oxygen atoms in total. The van der Waals surface area contributed by atoms with Crippen LogP contribution in [-0.4, -0.2) is 54.3 Å². The van der Waals surface area contributed by atoms with E-state index in [2.05, 4.69) is 34.6 Å². The minimum atomic E-state index is -4.34. The summed E-state index contributed by atoms with van der Waals surface area (Å²) in [6, 6.07) is 10.1. The van der Waals surface area contributed by atoms with Crippen molar-refractivity contribution in [1.29, 1.82) is 0 Å². The van der Waals surface area contributed by atoms with Gasteiger partial charge in [-0.25, -0.2) is 18.8 Å². The summed E-state index contributed by atoms with van der Waals surface area (Å²) in [7, 11) is -4.34. The molecule has 0 radical (unpaired) electrons. The van der Waals surface area contributed by atoms with Gasteiger partial charge in [-0.2, -0.15) is 8.42 Å². The monoisotopic (exact) mass is 636 g/mol. The van der Waals surface area contributed by atoms with Gasteiger partial charge < -0.3 is 15.4 Å². The molecule has 2 spiro atoms. The maximum atomic E-state index is 15.1. The lowest BCUT2D eigenvalue weighted by Gasteiger charge is -2.17. The number of fused-ring (bicyclic) bond motifs is 1. The molecular weight excluding hydrogens is 595 g/mol. The Labute approximate surface area is 263 Å². The van der Waals surface area contributed by atoms with Crippen LogP contribution < -0.4 is 20.1 Å². The number of halogens is 1. The summed E-state index contributed by atoms with van der Waals surface area (Å²) in [5, 5.41) is 10.7. The number of anilines is 1. The lowest BCUT2D eigenvalue weighted by Crippen LogP contribution is -2.32. The van der Waals surface area contributed by atoms with Gasteiger partial charge in [-0.3, -0.25) is 4.79 Å². The molecule has 1 atom stereocenters. The topological polar surface area (TPSA) is 127 Å². The molecule has 240 valence electrons. The highest BCUT2D eigenvalue weighted by atomic mass is 32.2. The Kier molecular flexibility index (Phi) is 7.43. The first-order valence-electron chi connectivity index (χ1n) is 16.0. The fourth-order valence-corrected chi connectivity index (χ4v) is 8.92. The van der Waals surface area contributed by atoms with E-state index in [0.29, 0.717) is 47.3 Å². The van der Waals surface area contributed by atoms with Crippen LogP contribution in [0.3, 0.4) is 0 Å². The van der Waals surface area contributed by atoms with Crippen molar-refractivity contribution in [3.05, 3.63) is 60.0 Å². The zero-order valence-corrected chi connectivity index (χ0v) is 26.6. The zero-order valence-electron chi connectivity index (χ0n) is 25.8. The average Bonchev–Trinajstić information content (AvgIpc) is 3.95. The van der Waals surface area contributed by atoms with Gasteiger partial charge >= 0.3 is 0 Å². The second kappa shape index (κ2) is 11.1. The Hall–Kier alpha value is -3.51. The molecule has 12 heteroatoms. The predicted octanol–water partition coefficient (Wildman–Crippen LogP) is 5.06. The van der Waals surface area contributed by atoms with Crippen LogP contribution in [0.1, 0.15) is 75.6 Å². The summed E-state index contributed by atoms with van der Waals surface area (Å²) >= 11 is 0. The SMILES string of the molecule is CC1(C)C[C@H](CCCNc2cccc(S(=O)(=O)NC(=O)c3ccc(-n4ccc(OCCC5C6(CC6)C56CC6)n4)cc3F)n2)CN1. The van der Waals surface area contributed by atoms with Gasteiger partial charge in [0.05, 0.1) is 17.9 Å². The Morgan fingerprint density at radius 3 is 2.58 bits per heavy atom. The number of hydrogen-bond donors (Lipinski definition) is 3. The number of carbonyl (C=O) groups is 1. The molecule has 3 aliphatic carbocycles. The third-order valence-electron chi connectivity index (χ3n) is 10.5. The fraction of sp³-hybridized carbons (Fsp3) is 0.545. The van der Waals surface area contributed by atoms with Crippen molar-refractivity contribution in [2.75, 3.05) is 25.0 Å². The first-order chi connectivity index (χ1) is 21.5. The molecule has 45 heavy (non-hydrogen) atoms. The van der Waals surface area contributed by atoms with Crippen LogP contribution in [0.5, 0.6) is 5.88 Å². The van der Waals surface area contributed by atoms with Crippen molar-refractivity contribution < 1.29 is 22.3 Å². The van der Waals surface area contributed by atoms with Gasteiger partial charge in [0.1, 0.15) is 11.6 Å². The highest BCUT2D eigenvalue weighted by molar-refractivity contribution is 7.90. The molecule has 1 aromatic carbocycles. The number of rotatable bonds is 13. The van der Waals surface area contributed by atoms with E-state index in [9.17, 15) is 13.2 Å². The molecule has 1 saturated heterocycles. The summed E-state index contributed by atoms with van der Waals surface area (Å²) in [5.74, 6) is 0.294. The normalized spacial score (nSPS) is 22.0. The maximum Gasteiger partial charge on any atom is 0.281 e. The molecule has 1 aliphatic heterocycles. The van der Waals surface area contributed by atoms with E-state index < -0.39 is 27.3 Å². The number of carbonyl (C=O) groups excluding carboxylic acids is 1. The molecule has 4 aliphatic rings. The Morgan fingerprint density at radius 2 is 1.89 bits per heavy atom. The standard InChI is InChI=1S/C33H41FN6O4S/c1-31(2)20-22(21-36-31)5-4-16-35-27-6-3-7-29(37-27)45(42,43)39-30(41)24-9-8-23(19-25(24)34)40-17-10-28(38-40)44-18-11-26-32(12-13-32)33(26)14-15-33/h3,6-10,17,19,22,26,36H,4-5,11-16,18,20-21H2,1-2H3,(H,35,37)(H,39,41)/t22-/m0/s1. The van der Waals surface area contributed by atoms with E-state index in [4.69, 9.17) is 4.74 Å². The number of pyridine rings is 1. The summed E-state index contributed by atoms with van der Waals surface area (Å²) < 4.78 is 50.3. The Morgan fingerprint density at radius 1 is 1.11 bits per heavy atom. The van der Waals surface area contributed by atoms with Crippen LogP contribution in [0, 0.1) is 28.5 Å². The van der Waals surface area contributed by atoms with Crippen LogP contribution in [0.2, 0.25) is 0 Å². The number of ether oxygens (including phenoxy) is 1. The zero-order chi connectivity index (χ0) is 31.5. The third kappa shape index (κ3) is 5.94. The van der Waals surface area contributed by atoms with Gasteiger partial charge in [0.2, 0.25) is 5.88 Å². The van der Waals surface area contributed by atoms with E-state index in [1.165, 1.54) is 48.6 Å². The largest absolute Gasteiger partial charge is 0.477 e. The smallest absolute Gasteiger partial charge is 0.281 e. The number of aromatic nitrogens is 3.